The molecule has 17 heavy (non-hydrogen) atoms. The first kappa shape index (κ1) is 15.2. The minimum atomic E-state index is -3.58. The molecule has 0 aromatic carbocycles. The number of sulfone groups is 1. The van der Waals surface area contributed by atoms with Gasteiger partial charge in [-0.3, -0.25) is 0 Å². The molecule has 1 fully saturated rings. The molecule has 102 valence electrons. The van der Waals surface area contributed by atoms with Crippen molar-refractivity contribution in [3.05, 3.63) is 0 Å². The maximum atomic E-state index is 11.8. The lowest BCUT2D eigenvalue weighted by Gasteiger charge is -2.27. The molecule has 0 saturated heterocycles. The van der Waals surface area contributed by atoms with Crippen molar-refractivity contribution in [2.75, 3.05) is 23.6 Å². The Balaban J connectivity index is 2.66. The SMILES string of the molecule is CS(=O)(=O)CCS(=O)(=O)NC1(CCl)CCCC1. The number of sulfonamides is 1. The van der Waals surface area contributed by atoms with Crippen LogP contribution in [0.5, 0.6) is 0 Å². The molecule has 0 aromatic heterocycles. The van der Waals surface area contributed by atoms with Crippen molar-refractivity contribution < 1.29 is 16.8 Å². The van der Waals surface area contributed by atoms with Crippen LogP contribution >= 0.6 is 11.6 Å². The smallest absolute Gasteiger partial charge is 0.213 e. The molecule has 0 unspecified atom stereocenters. The second-order valence-electron chi connectivity index (χ2n) is 4.67. The Labute approximate surface area is 108 Å². The molecule has 1 aliphatic carbocycles. The van der Waals surface area contributed by atoms with E-state index >= 15 is 0 Å². The molecule has 0 aliphatic heterocycles. The number of hydrogen-bond donors (Lipinski definition) is 1. The summed E-state index contributed by atoms with van der Waals surface area (Å²) < 4.78 is 48.0. The lowest BCUT2D eigenvalue weighted by atomic mass is 10.0. The van der Waals surface area contributed by atoms with Gasteiger partial charge in [-0.1, -0.05) is 12.8 Å². The van der Waals surface area contributed by atoms with Gasteiger partial charge in [-0.05, 0) is 12.8 Å². The molecule has 0 heterocycles. The molecular weight excluding hydrogens is 286 g/mol. The van der Waals surface area contributed by atoms with Crippen LogP contribution in [0.3, 0.4) is 0 Å². The van der Waals surface area contributed by atoms with Crippen molar-refractivity contribution in [2.24, 2.45) is 0 Å². The molecule has 8 heteroatoms. The lowest BCUT2D eigenvalue weighted by molar-refractivity contribution is 0.433. The minimum Gasteiger partial charge on any atom is -0.229 e. The predicted molar refractivity (Wildman–Crippen MR) is 68.6 cm³/mol. The van der Waals surface area contributed by atoms with Crippen molar-refractivity contribution in [1.82, 2.24) is 4.72 Å². The van der Waals surface area contributed by atoms with Gasteiger partial charge < -0.3 is 0 Å². The van der Waals surface area contributed by atoms with Gasteiger partial charge in [0.15, 0.2) is 0 Å². The highest BCUT2D eigenvalue weighted by Gasteiger charge is 2.36. The summed E-state index contributed by atoms with van der Waals surface area (Å²) >= 11 is 5.82. The second-order valence-corrected chi connectivity index (χ2v) is 9.04. The van der Waals surface area contributed by atoms with Gasteiger partial charge >= 0.3 is 0 Å². The van der Waals surface area contributed by atoms with Gasteiger partial charge in [0.25, 0.3) is 0 Å². The summed E-state index contributed by atoms with van der Waals surface area (Å²) in [5.41, 5.74) is -0.572. The van der Waals surface area contributed by atoms with Crippen LogP contribution in [-0.4, -0.2) is 46.0 Å². The van der Waals surface area contributed by atoms with Gasteiger partial charge in [-0.25, -0.2) is 21.6 Å². The van der Waals surface area contributed by atoms with E-state index in [2.05, 4.69) is 4.72 Å². The fraction of sp³-hybridized carbons (Fsp3) is 1.00. The Morgan fingerprint density at radius 2 is 1.65 bits per heavy atom. The number of alkyl halides is 1. The van der Waals surface area contributed by atoms with Crippen LogP contribution in [0.2, 0.25) is 0 Å². The minimum absolute atomic E-state index is 0.227. The van der Waals surface area contributed by atoms with Crippen LogP contribution in [-0.2, 0) is 19.9 Å². The van der Waals surface area contributed by atoms with E-state index in [0.717, 1.165) is 19.1 Å². The molecule has 0 atom stereocenters. The normalized spacial score (nSPS) is 20.6. The Kier molecular flexibility index (Phi) is 4.85. The van der Waals surface area contributed by atoms with E-state index in [1.54, 1.807) is 0 Å². The lowest BCUT2D eigenvalue weighted by Crippen LogP contribution is -2.49. The molecule has 0 spiro atoms. The topological polar surface area (TPSA) is 80.3 Å². The van der Waals surface area contributed by atoms with Crippen molar-refractivity contribution >= 4 is 31.5 Å². The predicted octanol–water partition coefficient (Wildman–Crippen LogP) is 0.502. The van der Waals surface area contributed by atoms with Crippen molar-refractivity contribution in [3.8, 4) is 0 Å². The molecule has 0 amide bonds. The third-order valence-corrected chi connectivity index (χ3v) is 6.11. The molecular formula is C9H18ClNO4S2. The molecule has 1 aliphatic rings. The third-order valence-electron chi connectivity index (χ3n) is 2.91. The Hall–Kier alpha value is 0.150. The van der Waals surface area contributed by atoms with Gasteiger partial charge in [0.1, 0.15) is 9.84 Å². The van der Waals surface area contributed by atoms with Crippen LogP contribution < -0.4 is 4.72 Å². The van der Waals surface area contributed by atoms with E-state index < -0.39 is 31.2 Å². The van der Waals surface area contributed by atoms with E-state index in [4.69, 9.17) is 11.6 Å². The number of halogens is 1. The zero-order valence-electron chi connectivity index (χ0n) is 9.78. The van der Waals surface area contributed by atoms with Crippen LogP contribution in [0.25, 0.3) is 0 Å². The van der Waals surface area contributed by atoms with Gasteiger partial charge in [-0.15, -0.1) is 11.6 Å². The highest BCUT2D eigenvalue weighted by molar-refractivity contribution is 7.93. The summed E-state index contributed by atoms with van der Waals surface area (Å²) in [7, 11) is -6.85. The Bertz CT molecular complexity index is 451. The summed E-state index contributed by atoms with van der Waals surface area (Å²) in [6, 6.07) is 0. The third kappa shape index (κ3) is 5.11. The fourth-order valence-corrected chi connectivity index (χ4v) is 5.50. The number of rotatable bonds is 6. The number of nitrogens with one attached hydrogen (secondary N) is 1. The molecule has 5 nitrogen and oxygen atoms in total. The van der Waals surface area contributed by atoms with Gasteiger partial charge in [-0.2, -0.15) is 0 Å². The van der Waals surface area contributed by atoms with Crippen LogP contribution in [0.4, 0.5) is 0 Å². The molecule has 0 radical (unpaired) electrons. The summed E-state index contributed by atoms with van der Waals surface area (Å²) in [5, 5.41) is 0. The average molecular weight is 304 g/mol. The fourth-order valence-electron chi connectivity index (χ4n) is 1.96. The first-order valence-corrected chi connectivity index (χ1v) is 9.68. The van der Waals surface area contributed by atoms with E-state index in [0.29, 0.717) is 12.8 Å². The summed E-state index contributed by atoms with van der Waals surface area (Å²) in [6.45, 7) is 0. The van der Waals surface area contributed by atoms with Gasteiger partial charge in [0.05, 0.1) is 11.5 Å². The molecule has 0 bridgehead atoms. The van der Waals surface area contributed by atoms with Crippen molar-refractivity contribution in [2.45, 2.75) is 31.2 Å². The van der Waals surface area contributed by atoms with Crippen molar-refractivity contribution in [1.29, 1.82) is 0 Å². The van der Waals surface area contributed by atoms with E-state index in [1.807, 2.05) is 0 Å². The largest absolute Gasteiger partial charge is 0.229 e. The maximum Gasteiger partial charge on any atom is 0.213 e. The molecule has 1 saturated carbocycles. The second kappa shape index (κ2) is 5.42. The first-order valence-electron chi connectivity index (χ1n) is 5.43. The highest BCUT2D eigenvalue weighted by atomic mass is 35.5. The summed E-state index contributed by atoms with van der Waals surface area (Å²) in [6.07, 6.45) is 4.35. The standard InChI is InChI=1S/C9H18ClNO4S2/c1-16(12,13)6-7-17(14,15)11-9(8-10)4-2-3-5-9/h11H,2-8H2,1H3. The highest BCUT2D eigenvalue weighted by Crippen LogP contribution is 2.31. The van der Waals surface area contributed by atoms with Crippen molar-refractivity contribution in [3.63, 3.8) is 0 Å². The number of hydrogen-bond acceptors (Lipinski definition) is 4. The Morgan fingerprint density at radius 3 is 2.06 bits per heavy atom. The van der Waals surface area contributed by atoms with Crippen LogP contribution in [0, 0.1) is 0 Å². The zero-order valence-corrected chi connectivity index (χ0v) is 12.2. The molecule has 1 rings (SSSR count). The van der Waals surface area contributed by atoms with Crippen LogP contribution in [0.1, 0.15) is 25.7 Å². The first-order chi connectivity index (χ1) is 7.68. The van der Waals surface area contributed by atoms with Crippen LogP contribution in [0.15, 0.2) is 0 Å². The average Bonchev–Trinajstić information content (AvgIpc) is 2.63. The Morgan fingerprint density at radius 1 is 1.12 bits per heavy atom. The van der Waals surface area contributed by atoms with Gasteiger partial charge in [0.2, 0.25) is 10.0 Å². The van der Waals surface area contributed by atoms with Gasteiger partial charge in [0, 0.05) is 17.7 Å². The van der Waals surface area contributed by atoms with E-state index in [-0.39, 0.29) is 11.6 Å². The monoisotopic (exact) mass is 303 g/mol. The molecule has 0 aromatic rings. The summed E-state index contributed by atoms with van der Waals surface area (Å²) in [5.74, 6) is -0.531. The summed E-state index contributed by atoms with van der Waals surface area (Å²) in [4.78, 5) is 0. The van der Waals surface area contributed by atoms with E-state index in [9.17, 15) is 16.8 Å². The quantitative estimate of drug-likeness (QED) is 0.725. The molecule has 1 N–H and O–H groups in total. The van der Waals surface area contributed by atoms with E-state index in [1.165, 1.54) is 0 Å². The maximum absolute atomic E-state index is 11.8. The zero-order chi connectivity index (χ0) is 13.2.